The zero-order valence-electron chi connectivity index (χ0n) is 21.7. The molecule has 6 rings (SSSR count). The van der Waals surface area contributed by atoms with Gasteiger partial charge in [-0.05, 0) is 67.7 Å². The summed E-state index contributed by atoms with van der Waals surface area (Å²) in [5.74, 6) is -0.0493. The second-order valence-corrected chi connectivity index (χ2v) is 12.2. The van der Waals surface area contributed by atoms with Crippen molar-refractivity contribution in [3.8, 4) is 5.88 Å². The Kier molecular flexibility index (Phi) is 5.52. The van der Waals surface area contributed by atoms with Crippen molar-refractivity contribution >= 4 is 22.5 Å². The summed E-state index contributed by atoms with van der Waals surface area (Å²) in [7, 11) is 0. The lowest BCUT2D eigenvalue weighted by molar-refractivity contribution is -0.183. The van der Waals surface area contributed by atoms with Gasteiger partial charge in [-0.25, -0.2) is 4.98 Å². The highest BCUT2D eigenvalue weighted by molar-refractivity contribution is 6.01. The summed E-state index contributed by atoms with van der Waals surface area (Å²) in [6, 6.07) is 11.4. The van der Waals surface area contributed by atoms with Crippen molar-refractivity contribution in [2.24, 2.45) is 34.5 Å². The molecular weight excluding hydrogens is 466 g/mol. The van der Waals surface area contributed by atoms with Crippen LogP contribution in [0.2, 0.25) is 0 Å². The number of hydrogen-bond donors (Lipinski definition) is 2. The Morgan fingerprint density at radius 2 is 1.97 bits per heavy atom. The summed E-state index contributed by atoms with van der Waals surface area (Å²) in [5.41, 5.74) is -0.869. The molecule has 0 amide bonds. The fourth-order valence-corrected chi connectivity index (χ4v) is 8.63. The first-order valence-electron chi connectivity index (χ1n) is 13.4. The average molecular weight is 502 g/mol. The van der Waals surface area contributed by atoms with Crippen LogP contribution >= 0.6 is 0 Å². The number of ketones is 2. The van der Waals surface area contributed by atoms with E-state index in [0.717, 1.165) is 35.7 Å². The summed E-state index contributed by atoms with van der Waals surface area (Å²) in [6.07, 6.45) is 7.36. The van der Waals surface area contributed by atoms with E-state index < -0.39 is 17.1 Å². The second kappa shape index (κ2) is 8.34. The highest BCUT2D eigenvalue weighted by Crippen LogP contribution is 2.68. The molecule has 37 heavy (non-hydrogen) atoms. The van der Waals surface area contributed by atoms with Gasteiger partial charge in [0.25, 0.3) is 0 Å². The van der Waals surface area contributed by atoms with Crippen molar-refractivity contribution in [3.63, 3.8) is 0 Å². The number of carbonyl (C=O) groups excluding carboxylic acids is 2. The van der Waals surface area contributed by atoms with E-state index in [0.29, 0.717) is 12.3 Å². The molecule has 3 saturated carbocycles. The highest BCUT2D eigenvalue weighted by Gasteiger charge is 2.70. The van der Waals surface area contributed by atoms with Gasteiger partial charge in [-0.1, -0.05) is 50.6 Å². The molecular formula is C31H35NO5. The first-order chi connectivity index (χ1) is 17.6. The number of carbonyl (C=O) groups is 2. The van der Waals surface area contributed by atoms with Crippen LogP contribution in [0.1, 0.15) is 46.5 Å². The maximum atomic E-state index is 13.7. The molecule has 4 aliphatic rings. The van der Waals surface area contributed by atoms with Crippen LogP contribution in [-0.2, 0) is 9.59 Å². The van der Waals surface area contributed by atoms with Crippen molar-refractivity contribution in [1.82, 2.24) is 4.98 Å². The lowest BCUT2D eigenvalue weighted by Crippen LogP contribution is -2.63. The topological polar surface area (TPSA) is 96.7 Å². The zero-order chi connectivity index (χ0) is 26.2. The lowest BCUT2D eigenvalue weighted by atomic mass is 9.46. The number of ether oxygens (including phenoxy) is 1. The van der Waals surface area contributed by atoms with Gasteiger partial charge in [0.2, 0.25) is 11.7 Å². The number of Topliss-reactive ketones (excluding diaryl/α,β-unsaturated/α-hetero) is 1. The summed E-state index contributed by atoms with van der Waals surface area (Å²) in [5, 5.41) is 24.7. The summed E-state index contributed by atoms with van der Waals surface area (Å²) < 4.78 is 5.83. The number of allylic oxidation sites excluding steroid dienone is 4. The van der Waals surface area contributed by atoms with Crippen LogP contribution in [0.15, 0.2) is 60.2 Å². The van der Waals surface area contributed by atoms with Gasteiger partial charge in [-0.15, -0.1) is 0 Å². The molecule has 4 aliphatic carbocycles. The van der Waals surface area contributed by atoms with Gasteiger partial charge in [0.05, 0.1) is 11.6 Å². The first-order valence-corrected chi connectivity index (χ1v) is 13.4. The van der Waals surface area contributed by atoms with Gasteiger partial charge < -0.3 is 14.9 Å². The molecule has 0 bridgehead atoms. The Hall–Kier alpha value is -2.83. The van der Waals surface area contributed by atoms with E-state index in [1.54, 1.807) is 18.2 Å². The molecule has 194 valence electrons. The van der Waals surface area contributed by atoms with Crippen LogP contribution in [-0.4, -0.2) is 45.1 Å². The third kappa shape index (κ3) is 3.41. The molecule has 1 aromatic carbocycles. The van der Waals surface area contributed by atoms with Crippen LogP contribution < -0.4 is 4.74 Å². The molecule has 6 nitrogen and oxygen atoms in total. The number of fused-ring (bicyclic) bond motifs is 6. The van der Waals surface area contributed by atoms with Gasteiger partial charge in [-0.2, -0.15) is 0 Å². The number of hydrogen-bond acceptors (Lipinski definition) is 6. The van der Waals surface area contributed by atoms with E-state index in [4.69, 9.17) is 4.74 Å². The standard InChI is InChI=1S/C31H35NO5/c1-18-14-23-22-10-9-20-15-21(33)12-13-29(20,2)28(22)25(34)16-30(23,3)31(18,36)26(35)17-37-27-11-8-19-6-4-5-7-24(19)32-27/h4-8,11-13,15,18,22-23,25,28,34,36H,9-10,14,16-17H2,1-3H3/t18-,22?,23?,25?,28?,29?,30?,31+/m1/s1. The molecule has 0 radical (unpaired) electrons. The zero-order valence-corrected chi connectivity index (χ0v) is 21.7. The predicted octanol–water partition coefficient (Wildman–Crippen LogP) is 4.44. The Labute approximate surface area is 217 Å². The van der Waals surface area contributed by atoms with Crippen molar-refractivity contribution in [3.05, 3.63) is 60.2 Å². The molecule has 6 unspecified atom stereocenters. The highest BCUT2D eigenvalue weighted by atomic mass is 16.5. The van der Waals surface area contributed by atoms with Gasteiger partial charge in [-0.3, -0.25) is 9.59 Å². The van der Waals surface area contributed by atoms with Crippen molar-refractivity contribution in [2.75, 3.05) is 6.61 Å². The minimum absolute atomic E-state index is 0.0106. The number of para-hydroxylation sites is 1. The van der Waals surface area contributed by atoms with Crippen LogP contribution in [0.25, 0.3) is 10.9 Å². The molecule has 2 N–H and O–H groups in total. The van der Waals surface area contributed by atoms with Crippen LogP contribution in [0.4, 0.5) is 0 Å². The molecule has 0 spiro atoms. The van der Waals surface area contributed by atoms with Crippen LogP contribution in [0, 0.1) is 34.5 Å². The first kappa shape index (κ1) is 24.5. The van der Waals surface area contributed by atoms with E-state index in [1.807, 2.05) is 50.3 Å². The quantitative estimate of drug-likeness (QED) is 0.643. The summed E-state index contributed by atoms with van der Waals surface area (Å²) >= 11 is 0. The van der Waals surface area contributed by atoms with Crippen molar-refractivity contribution in [1.29, 1.82) is 0 Å². The Morgan fingerprint density at radius 3 is 2.78 bits per heavy atom. The van der Waals surface area contributed by atoms with E-state index in [2.05, 4.69) is 11.9 Å². The maximum Gasteiger partial charge on any atom is 0.214 e. The fourth-order valence-electron chi connectivity index (χ4n) is 8.63. The predicted molar refractivity (Wildman–Crippen MR) is 140 cm³/mol. The van der Waals surface area contributed by atoms with E-state index >= 15 is 0 Å². The number of aromatic nitrogens is 1. The largest absolute Gasteiger partial charge is 0.470 e. The lowest BCUT2D eigenvalue weighted by Gasteiger charge is -2.59. The minimum atomic E-state index is -1.60. The molecule has 6 heteroatoms. The Balaban J connectivity index is 1.27. The second-order valence-electron chi connectivity index (χ2n) is 12.2. The number of aliphatic hydroxyl groups excluding tert-OH is 1. The van der Waals surface area contributed by atoms with E-state index in [1.165, 1.54) is 0 Å². The Morgan fingerprint density at radius 1 is 1.19 bits per heavy atom. The van der Waals surface area contributed by atoms with Crippen molar-refractivity contribution < 1.29 is 24.5 Å². The third-order valence-electron chi connectivity index (χ3n) is 10.4. The Bertz CT molecular complexity index is 1350. The van der Waals surface area contributed by atoms with Crippen LogP contribution in [0.3, 0.4) is 0 Å². The van der Waals surface area contributed by atoms with Crippen LogP contribution in [0.5, 0.6) is 5.88 Å². The average Bonchev–Trinajstić information content (AvgIpc) is 3.08. The minimum Gasteiger partial charge on any atom is -0.470 e. The molecule has 1 aromatic heterocycles. The van der Waals surface area contributed by atoms with Gasteiger partial charge in [0, 0.05) is 28.2 Å². The fraction of sp³-hybridized carbons (Fsp3) is 0.516. The monoisotopic (exact) mass is 501 g/mol. The maximum absolute atomic E-state index is 13.7. The normalized spacial score (nSPS) is 40.5. The molecule has 0 saturated heterocycles. The molecule has 2 aromatic rings. The molecule has 8 atom stereocenters. The number of aliphatic hydroxyl groups is 2. The van der Waals surface area contributed by atoms with Gasteiger partial charge in [0.1, 0.15) is 5.60 Å². The number of rotatable bonds is 4. The number of nitrogens with zero attached hydrogens (tertiary/aromatic N) is 1. The molecule has 0 aliphatic heterocycles. The SMILES string of the molecule is C[C@@H]1CC2C3CCC4=CC(=O)C=CC4(C)C3C(O)CC2(C)[C@@]1(O)C(=O)COc1ccc2ccccc2n1. The smallest absolute Gasteiger partial charge is 0.214 e. The van der Waals surface area contributed by atoms with E-state index in [-0.39, 0.29) is 47.3 Å². The van der Waals surface area contributed by atoms with Crippen molar-refractivity contribution in [2.45, 2.75) is 58.2 Å². The van der Waals surface area contributed by atoms with E-state index in [9.17, 15) is 19.8 Å². The third-order valence-corrected chi connectivity index (χ3v) is 10.4. The van der Waals surface area contributed by atoms with Gasteiger partial charge in [0.15, 0.2) is 12.4 Å². The molecule has 3 fully saturated rings. The van der Waals surface area contributed by atoms with Gasteiger partial charge >= 0.3 is 0 Å². The number of benzene rings is 1. The summed E-state index contributed by atoms with van der Waals surface area (Å²) in [6.45, 7) is 5.80. The summed E-state index contributed by atoms with van der Waals surface area (Å²) in [4.78, 5) is 30.3. The molecule has 1 heterocycles. The number of pyridine rings is 1.